The van der Waals surface area contributed by atoms with E-state index in [1.165, 1.54) is 29.5 Å². The average molecular weight is 236 g/mol. The van der Waals surface area contributed by atoms with Gasteiger partial charge in [-0.05, 0) is 60.3 Å². The minimum Gasteiger partial charge on any atom is -0.508 e. The summed E-state index contributed by atoms with van der Waals surface area (Å²) in [6.07, 6.45) is 5.84. The Labute approximate surface area is 102 Å². The first-order valence-corrected chi connectivity index (χ1v) is 7.30. The van der Waals surface area contributed by atoms with Crippen LogP contribution in [0.25, 0.3) is 0 Å². The smallest absolute Gasteiger partial charge is 0.116 e. The van der Waals surface area contributed by atoms with E-state index in [9.17, 15) is 5.11 Å². The molecule has 0 aliphatic heterocycles. The second kappa shape index (κ2) is 4.70. The number of phenolic OH excluding ortho intramolecular Hbond substituents is 1. The van der Waals surface area contributed by atoms with Gasteiger partial charge in [0.25, 0.3) is 0 Å². The highest BCUT2D eigenvalue weighted by Gasteiger charge is 2.24. The Morgan fingerprint density at radius 3 is 2.75 bits per heavy atom. The van der Waals surface area contributed by atoms with Crippen LogP contribution in [0.4, 0.5) is 0 Å². The first-order valence-electron chi connectivity index (χ1n) is 6.02. The maximum atomic E-state index is 9.77. The lowest BCUT2D eigenvalue weighted by molar-refractivity contribution is 0.471. The lowest BCUT2D eigenvalue weighted by Gasteiger charge is -2.28. The predicted molar refractivity (Wildman–Crippen MR) is 71.4 cm³/mol. The van der Waals surface area contributed by atoms with Crippen molar-refractivity contribution in [1.82, 2.24) is 0 Å². The predicted octanol–water partition coefficient (Wildman–Crippen LogP) is 4.26. The molecule has 0 saturated heterocycles. The molecule has 0 heterocycles. The van der Waals surface area contributed by atoms with Crippen molar-refractivity contribution in [3.05, 3.63) is 28.8 Å². The van der Waals surface area contributed by atoms with E-state index in [1.54, 1.807) is 0 Å². The number of benzene rings is 1. The molecule has 2 heteroatoms. The second-order valence-corrected chi connectivity index (χ2v) is 5.92. The molecule has 0 amide bonds. The highest BCUT2D eigenvalue weighted by atomic mass is 32.2. The first kappa shape index (κ1) is 11.8. The summed E-state index contributed by atoms with van der Waals surface area (Å²) in [5, 5.41) is 10.4. The number of aromatic hydroxyl groups is 1. The molecular formula is C14H20OS. The molecule has 0 aromatic heterocycles. The van der Waals surface area contributed by atoms with Crippen molar-refractivity contribution in [3.63, 3.8) is 0 Å². The van der Waals surface area contributed by atoms with Crippen molar-refractivity contribution >= 4 is 11.8 Å². The minimum absolute atomic E-state index is 0.434. The van der Waals surface area contributed by atoms with Crippen LogP contribution in [-0.4, -0.2) is 11.4 Å². The Kier molecular flexibility index (Phi) is 3.48. The number of rotatable bonds is 2. The highest BCUT2D eigenvalue weighted by molar-refractivity contribution is 7.98. The van der Waals surface area contributed by atoms with Crippen LogP contribution in [0.3, 0.4) is 0 Å². The molecule has 16 heavy (non-hydrogen) atoms. The molecule has 1 N–H and O–H groups in total. The monoisotopic (exact) mass is 236 g/mol. The molecule has 0 radical (unpaired) electrons. The molecule has 1 unspecified atom stereocenters. The van der Waals surface area contributed by atoms with Crippen LogP contribution in [0, 0.1) is 0 Å². The second-order valence-electron chi connectivity index (χ2n) is 4.88. The fraction of sp³-hybridized carbons (Fsp3) is 0.571. The van der Waals surface area contributed by atoms with Crippen LogP contribution in [0.5, 0.6) is 5.75 Å². The lowest BCUT2D eigenvalue weighted by atomic mass is 9.84. The molecule has 1 aromatic carbocycles. The molecule has 0 fully saturated rings. The molecule has 1 atom stereocenters. The number of hydrogen-bond acceptors (Lipinski definition) is 2. The molecule has 2 rings (SSSR count). The molecular weight excluding hydrogens is 216 g/mol. The number of aryl methyl sites for hydroxylation is 1. The summed E-state index contributed by atoms with van der Waals surface area (Å²) >= 11 is 1.94. The Hall–Kier alpha value is -0.630. The number of thioether (sulfide) groups is 1. The van der Waals surface area contributed by atoms with Crippen molar-refractivity contribution in [2.75, 3.05) is 6.26 Å². The van der Waals surface area contributed by atoms with Gasteiger partial charge < -0.3 is 5.11 Å². The molecule has 0 saturated carbocycles. The van der Waals surface area contributed by atoms with E-state index >= 15 is 0 Å². The van der Waals surface area contributed by atoms with Gasteiger partial charge in [-0.1, -0.05) is 13.8 Å². The van der Waals surface area contributed by atoms with Gasteiger partial charge in [0.15, 0.2) is 0 Å². The van der Waals surface area contributed by atoms with Gasteiger partial charge in [-0.15, -0.1) is 0 Å². The molecule has 0 spiro atoms. The summed E-state index contributed by atoms with van der Waals surface area (Å²) < 4.78 is 0. The van der Waals surface area contributed by atoms with Crippen LogP contribution in [0.2, 0.25) is 0 Å². The quantitative estimate of drug-likeness (QED) is 0.828. The fourth-order valence-corrected chi connectivity index (χ4v) is 3.58. The van der Waals surface area contributed by atoms with Crippen LogP contribution in [0.1, 0.15) is 54.5 Å². The molecule has 88 valence electrons. The van der Waals surface area contributed by atoms with Gasteiger partial charge >= 0.3 is 0 Å². The Morgan fingerprint density at radius 1 is 1.38 bits per heavy atom. The lowest BCUT2D eigenvalue weighted by Crippen LogP contribution is -2.11. The highest BCUT2D eigenvalue weighted by Crippen LogP contribution is 2.43. The third kappa shape index (κ3) is 2.08. The van der Waals surface area contributed by atoms with Crippen LogP contribution >= 0.6 is 11.8 Å². The van der Waals surface area contributed by atoms with Gasteiger partial charge in [0.05, 0.1) is 0 Å². The first-order chi connectivity index (χ1) is 7.63. The maximum absolute atomic E-state index is 9.77. The van der Waals surface area contributed by atoms with Gasteiger partial charge in [-0.25, -0.2) is 0 Å². The molecule has 1 nitrogen and oxygen atoms in total. The number of fused-ring (bicyclic) bond motifs is 1. The summed E-state index contributed by atoms with van der Waals surface area (Å²) in [6.45, 7) is 4.42. The minimum atomic E-state index is 0.434. The van der Waals surface area contributed by atoms with E-state index in [0.29, 0.717) is 16.9 Å². The summed E-state index contributed by atoms with van der Waals surface area (Å²) in [5.41, 5.74) is 4.22. The zero-order valence-electron chi connectivity index (χ0n) is 10.3. The van der Waals surface area contributed by atoms with Crippen molar-refractivity contribution in [2.45, 2.75) is 44.3 Å². The molecule has 1 aliphatic rings. The van der Waals surface area contributed by atoms with Crippen LogP contribution < -0.4 is 0 Å². The van der Waals surface area contributed by atoms with Crippen LogP contribution in [0.15, 0.2) is 12.1 Å². The number of hydrogen-bond donors (Lipinski definition) is 1. The Bertz CT molecular complexity index is 385. The van der Waals surface area contributed by atoms with E-state index in [-0.39, 0.29) is 0 Å². The van der Waals surface area contributed by atoms with Gasteiger partial charge in [-0.3, -0.25) is 0 Å². The Balaban J connectivity index is 2.56. The maximum Gasteiger partial charge on any atom is 0.116 e. The van der Waals surface area contributed by atoms with Crippen molar-refractivity contribution in [3.8, 4) is 5.75 Å². The summed E-state index contributed by atoms with van der Waals surface area (Å²) in [5.74, 6) is 0.929. The zero-order valence-corrected chi connectivity index (χ0v) is 11.1. The zero-order chi connectivity index (χ0) is 11.7. The van der Waals surface area contributed by atoms with E-state index in [4.69, 9.17) is 0 Å². The largest absolute Gasteiger partial charge is 0.508 e. The molecule has 0 bridgehead atoms. The SMILES string of the molecule is CSC1CCCc2cc(O)cc(C(C)C)c21. The van der Waals surface area contributed by atoms with E-state index < -0.39 is 0 Å². The average Bonchev–Trinajstić information content (AvgIpc) is 2.26. The van der Waals surface area contributed by atoms with Crippen molar-refractivity contribution in [1.29, 1.82) is 0 Å². The van der Waals surface area contributed by atoms with Gasteiger partial charge in [0, 0.05) is 5.25 Å². The third-order valence-electron chi connectivity index (χ3n) is 3.42. The van der Waals surface area contributed by atoms with Crippen molar-refractivity contribution < 1.29 is 5.11 Å². The summed E-state index contributed by atoms with van der Waals surface area (Å²) in [4.78, 5) is 0. The third-order valence-corrected chi connectivity index (χ3v) is 4.46. The molecule has 1 aromatic rings. The van der Waals surface area contributed by atoms with E-state index in [1.807, 2.05) is 23.9 Å². The topological polar surface area (TPSA) is 20.2 Å². The van der Waals surface area contributed by atoms with Gasteiger partial charge in [-0.2, -0.15) is 11.8 Å². The standard InChI is InChI=1S/C14H20OS/c1-9(2)12-8-11(15)7-10-5-4-6-13(16-3)14(10)12/h7-9,13,15H,4-6H2,1-3H3. The van der Waals surface area contributed by atoms with Gasteiger partial charge in [0.2, 0.25) is 0 Å². The normalized spacial score (nSPS) is 19.9. The summed E-state index contributed by atoms with van der Waals surface area (Å²) in [7, 11) is 0. The summed E-state index contributed by atoms with van der Waals surface area (Å²) in [6, 6.07) is 3.92. The molecule has 1 aliphatic carbocycles. The number of phenols is 1. The Morgan fingerprint density at radius 2 is 2.12 bits per heavy atom. The van der Waals surface area contributed by atoms with Gasteiger partial charge in [0.1, 0.15) is 5.75 Å². The fourth-order valence-electron chi connectivity index (χ4n) is 2.66. The van der Waals surface area contributed by atoms with Crippen LogP contribution in [-0.2, 0) is 6.42 Å². The van der Waals surface area contributed by atoms with E-state index in [0.717, 1.165) is 6.42 Å². The van der Waals surface area contributed by atoms with E-state index in [2.05, 4.69) is 20.1 Å². The van der Waals surface area contributed by atoms with Crippen molar-refractivity contribution in [2.24, 2.45) is 0 Å².